The van der Waals surface area contributed by atoms with Crippen molar-refractivity contribution in [3.8, 4) is 0 Å². The summed E-state index contributed by atoms with van der Waals surface area (Å²) in [7, 11) is 0. The van der Waals surface area contributed by atoms with Crippen LogP contribution in [0.25, 0.3) is 0 Å². The Hall–Kier alpha value is -0.260. The van der Waals surface area contributed by atoms with Gasteiger partial charge in [0.25, 0.3) is 0 Å². The number of unbranched alkanes of at least 4 members (excludes halogenated alkanes) is 89. The normalized spacial score (nSPS) is 11.8. The first kappa shape index (κ1) is 92.7. The summed E-state index contributed by atoms with van der Waals surface area (Å²) in [5.74, 6) is 0. The molecule has 0 unspecified atom stereocenters. The van der Waals surface area contributed by atoms with Gasteiger partial charge in [-0.2, -0.15) is 0 Å². The van der Waals surface area contributed by atoms with Crippen LogP contribution in [0.5, 0.6) is 0 Å². The lowest BCUT2D eigenvalue weighted by molar-refractivity contribution is 0.505. The van der Waals surface area contributed by atoms with Crippen molar-refractivity contribution in [2.24, 2.45) is 0 Å². The van der Waals surface area contributed by atoms with Gasteiger partial charge in [0.05, 0.1) is 0 Å². The van der Waals surface area contributed by atoms with E-state index in [1.807, 2.05) is 0 Å². The van der Waals surface area contributed by atoms with E-state index in [0.717, 1.165) is 0 Å². The number of allylic oxidation sites excluding steroid dienone is 1. The van der Waals surface area contributed by atoms with Gasteiger partial charge in [-0.1, -0.05) is 578 Å². The van der Waals surface area contributed by atoms with Crippen molar-refractivity contribution in [1.29, 1.82) is 0 Å². The van der Waals surface area contributed by atoms with E-state index in [0.29, 0.717) is 0 Å². The smallest absolute Gasteiger partial charge is 0.0353 e. The summed E-state index contributed by atoms with van der Waals surface area (Å²) in [4.78, 5) is 0. The molecule has 0 saturated carbocycles. The first-order valence-corrected chi connectivity index (χ1v) is 46.0. The average molecular weight is 1300 g/mol. The van der Waals surface area contributed by atoms with E-state index in [1.54, 1.807) is 0 Å². The van der Waals surface area contributed by atoms with Crippen molar-refractivity contribution in [3.63, 3.8) is 0 Å². The molecular formula is C93H186. The van der Waals surface area contributed by atoms with Gasteiger partial charge in [0.2, 0.25) is 0 Å². The highest BCUT2D eigenvalue weighted by Crippen LogP contribution is 2.23. The minimum Gasteiger partial charge on any atom is -0.103 e. The van der Waals surface area contributed by atoms with Crippen molar-refractivity contribution in [2.75, 3.05) is 0 Å². The Morgan fingerprint density at radius 2 is 0.172 bits per heavy atom. The van der Waals surface area contributed by atoms with E-state index in [1.165, 1.54) is 578 Å². The lowest BCUT2D eigenvalue weighted by Crippen LogP contribution is -1.85. The van der Waals surface area contributed by atoms with Crippen molar-refractivity contribution >= 4 is 0 Å². The average Bonchev–Trinajstić information content (AvgIpc) is 3.58. The van der Waals surface area contributed by atoms with Gasteiger partial charge in [-0.05, 0) is 12.8 Å². The first-order chi connectivity index (χ1) is 46.4. The zero-order valence-electron chi connectivity index (χ0n) is 65.9. The maximum absolute atomic E-state index is 3.83. The monoisotopic (exact) mass is 1300 g/mol. The molecule has 558 valence electrons. The van der Waals surface area contributed by atoms with Gasteiger partial charge in [-0.3, -0.25) is 0 Å². The number of rotatable bonds is 90. The van der Waals surface area contributed by atoms with Gasteiger partial charge in [0.1, 0.15) is 0 Å². The number of hydrogen-bond donors (Lipinski definition) is 0. The summed E-state index contributed by atoms with van der Waals surface area (Å²) >= 11 is 0. The second-order valence-corrected chi connectivity index (χ2v) is 32.2. The molecule has 0 heteroatoms. The standard InChI is InChI=1S/C93H186/c1-3-5-7-9-11-13-15-17-19-21-23-25-27-29-31-33-35-37-39-41-43-45-47-49-51-53-55-57-59-61-63-65-67-69-71-73-75-77-79-81-83-85-87-89-91-93-92-90-88-86-84-82-80-78-76-74-72-70-68-66-64-62-60-58-56-54-52-50-48-46-44-42-40-38-36-34-32-30-28-26-24-22-20-18-16-14-12-10-8-6-4-2/h3H,1,4-93H2,2H3. The third-order valence-corrected chi connectivity index (χ3v) is 22.5. The zero-order chi connectivity index (χ0) is 66.3. The van der Waals surface area contributed by atoms with E-state index < -0.39 is 0 Å². The maximum Gasteiger partial charge on any atom is -0.0353 e. The summed E-state index contributed by atoms with van der Waals surface area (Å²) < 4.78 is 0. The summed E-state index contributed by atoms with van der Waals surface area (Å²) in [6.45, 7) is 6.14. The molecule has 0 aromatic rings. The highest BCUT2D eigenvalue weighted by Gasteiger charge is 2.03. The van der Waals surface area contributed by atoms with Gasteiger partial charge >= 0.3 is 0 Å². The second kappa shape index (κ2) is 91.7. The van der Waals surface area contributed by atoms with Crippen LogP contribution >= 0.6 is 0 Å². The molecule has 0 aliphatic heterocycles. The van der Waals surface area contributed by atoms with Crippen LogP contribution in [-0.2, 0) is 0 Å². The third-order valence-electron chi connectivity index (χ3n) is 22.5. The van der Waals surface area contributed by atoms with Crippen LogP contribution in [0.1, 0.15) is 585 Å². The van der Waals surface area contributed by atoms with Crippen LogP contribution in [0.3, 0.4) is 0 Å². The van der Waals surface area contributed by atoms with E-state index in [-0.39, 0.29) is 0 Å². The number of hydrogen-bond acceptors (Lipinski definition) is 0. The highest BCUT2D eigenvalue weighted by atomic mass is 14.1. The molecule has 0 aromatic heterocycles. The molecule has 0 radical (unpaired) electrons. The van der Waals surface area contributed by atoms with Crippen LogP contribution in [0.4, 0.5) is 0 Å². The predicted molar refractivity (Wildman–Crippen MR) is 431 cm³/mol. The third kappa shape index (κ3) is 91.7. The van der Waals surface area contributed by atoms with E-state index >= 15 is 0 Å². The van der Waals surface area contributed by atoms with Gasteiger partial charge in [-0.25, -0.2) is 0 Å². The molecule has 0 rings (SSSR count). The minimum absolute atomic E-state index is 1.21. The molecule has 0 aromatic carbocycles. The Kier molecular flexibility index (Phi) is 91.5. The van der Waals surface area contributed by atoms with Crippen LogP contribution < -0.4 is 0 Å². The largest absolute Gasteiger partial charge is 0.103 e. The topological polar surface area (TPSA) is 0 Å². The molecule has 0 atom stereocenters. The first-order valence-electron chi connectivity index (χ1n) is 46.0. The van der Waals surface area contributed by atoms with E-state index in [9.17, 15) is 0 Å². The van der Waals surface area contributed by atoms with Gasteiger partial charge < -0.3 is 0 Å². The van der Waals surface area contributed by atoms with Crippen LogP contribution in [-0.4, -0.2) is 0 Å². The highest BCUT2D eigenvalue weighted by molar-refractivity contribution is 4.65. The maximum atomic E-state index is 3.83. The molecule has 0 aliphatic carbocycles. The molecule has 93 heavy (non-hydrogen) atoms. The summed E-state index contributed by atoms with van der Waals surface area (Å²) in [6.07, 6.45) is 136. The lowest BCUT2D eigenvalue weighted by atomic mass is 10.0. The SMILES string of the molecule is C=CCCCCCCCCCCCCCCCCCCCCCCCCCCCCCCCCCCCCCCCCCCCCCCCCCCCCCCCCCCCCCCCCCCCCCCCCCCCCCCCCCCCCCCCCCCC. The van der Waals surface area contributed by atoms with Crippen molar-refractivity contribution in [2.45, 2.75) is 585 Å². The minimum atomic E-state index is 1.21. The molecule has 0 heterocycles. The molecule has 0 N–H and O–H groups in total. The molecule has 0 fully saturated rings. The lowest BCUT2D eigenvalue weighted by Gasteiger charge is -2.05. The van der Waals surface area contributed by atoms with Crippen LogP contribution in [0.2, 0.25) is 0 Å². The zero-order valence-corrected chi connectivity index (χ0v) is 65.9. The molecule has 0 spiro atoms. The summed E-state index contributed by atoms with van der Waals surface area (Å²) in [5, 5.41) is 0. The Bertz CT molecular complexity index is 1210. The molecule has 0 amide bonds. The molecule has 0 saturated heterocycles. The van der Waals surface area contributed by atoms with Crippen molar-refractivity contribution in [3.05, 3.63) is 12.7 Å². The Morgan fingerprint density at radius 3 is 0.237 bits per heavy atom. The van der Waals surface area contributed by atoms with Crippen LogP contribution in [0, 0.1) is 0 Å². The van der Waals surface area contributed by atoms with Gasteiger partial charge in [-0.15, -0.1) is 6.58 Å². The fourth-order valence-electron chi connectivity index (χ4n) is 15.7. The second-order valence-electron chi connectivity index (χ2n) is 32.2. The Labute approximate surface area is 594 Å². The summed E-state index contributed by atoms with van der Waals surface area (Å²) in [5.41, 5.74) is 0. The van der Waals surface area contributed by atoms with Crippen molar-refractivity contribution < 1.29 is 0 Å². The predicted octanol–water partition coefficient (Wildman–Crippen LogP) is 36.3. The molecular weight excluding hydrogens is 1120 g/mol. The van der Waals surface area contributed by atoms with Gasteiger partial charge in [0.15, 0.2) is 0 Å². The fraction of sp³-hybridized carbons (Fsp3) is 0.978. The van der Waals surface area contributed by atoms with Crippen molar-refractivity contribution in [1.82, 2.24) is 0 Å². The van der Waals surface area contributed by atoms with Crippen LogP contribution in [0.15, 0.2) is 12.7 Å². The summed E-state index contributed by atoms with van der Waals surface area (Å²) in [6, 6.07) is 0. The molecule has 0 bridgehead atoms. The fourth-order valence-corrected chi connectivity index (χ4v) is 15.7. The Balaban J connectivity index is 3.09. The Morgan fingerprint density at radius 1 is 0.108 bits per heavy atom. The van der Waals surface area contributed by atoms with E-state index in [4.69, 9.17) is 0 Å². The molecule has 0 nitrogen and oxygen atoms in total. The van der Waals surface area contributed by atoms with Gasteiger partial charge in [0, 0.05) is 0 Å². The molecule has 0 aliphatic rings. The van der Waals surface area contributed by atoms with E-state index in [2.05, 4.69) is 19.6 Å². The quantitative estimate of drug-likeness (QED) is 0.0421.